The number of nitrogens with zero attached hydrogens (tertiary/aromatic N) is 1. The van der Waals surface area contributed by atoms with Gasteiger partial charge in [-0.1, -0.05) is 23.4 Å². The van der Waals surface area contributed by atoms with Gasteiger partial charge < -0.3 is 5.73 Å². The van der Waals surface area contributed by atoms with Gasteiger partial charge in [-0.05, 0) is 26.0 Å². The molecule has 0 aromatic carbocycles. The number of pyridine rings is 1. The largest absolute Gasteiger partial charge is 0.329 e. The number of hydrogen-bond donors (Lipinski definition) is 1. The Hall–Kier alpha value is -0.250. The van der Waals surface area contributed by atoms with E-state index in [4.69, 9.17) is 17.3 Å². The summed E-state index contributed by atoms with van der Waals surface area (Å²) >= 11 is 7.57. The molecule has 1 aromatic heterocycles. The maximum absolute atomic E-state index is 5.96. The van der Waals surface area contributed by atoms with Crippen LogP contribution in [-0.2, 0) is 0 Å². The zero-order chi connectivity index (χ0) is 9.90. The van der Waals surface area contributed by atoms with E-state index < -0.39 is 0 Å². The van der Waals surface area contributed by atoms with Crippen LogP contribution in [0.4, 0.5) is 0 Å². The van der Waals surface area contributed by atoms with Gasteiger partial charge in [0.1, 0.15) is 5.03 Å². The predicted octanol–water partition coefficient (Wildman–Crippen LogP) is 2.56. The highest BCUT2D eigenvalue weighted by molar-refractivity contribution is 8.00. The van der Waals surface area contributed by atoms with Crippen molar-refractivity contribution in [1.29, 1.82) is 0 Å². The highest BCUT2D eigenvalue weighted by Gasteiger charge is 2.19. The fourth-order valence-corrected chi connectivity index (χ4v) is 1.87. The van der Waals surface area contributed by atoms with Crippen molar-refractivity contribution < 1.29 is 0 Å². The molecule has 0 atom stereocenters. The van der Waals surface area contributed by atoms with E-state index in [1.165, 1.54) is 0 Å². The molecule has 1 heterocycles. The van der Waals surface area contributed by atoms with Crippen molar-refractivity contribution in [2.24, 2.45) is 5.73 Å². The van der Waals surface area contributed by atoms with E-state index in [0.29, 0.717) is 11.6 Å². The molecule has 0 saturated heterocycles. The summed E-state index contributed by atoms with van der Waals surface area (Å²) in [7, 11) is 0. The average molecular weight is 217 g/mol. The molecule has 0 amide bonds. The molecule has 2 N–H and O–H groups in total. The Labute approximate surface area is 87.9 Å². The van der Waals surface area contributed by atoms with Crippen molar-refractivity contribution in [3.63, 3.8) is 0 Å². The molecule has 4 heteroatoms. The monoisotopic (exact) mass is 216 g/mol. The molecule has 0 aliphatic carbocycles. The first-order valence-corrected chi connectivity index (χ1v) is 5.24. The SMILES string of the molecule is CC(C)(CN)Sc1ncccc1Cl. The van der Waals surface area contributed by atoms with Crippen molar-refractivity contribution >= 4 is 23.4 Å². The second-order valence-electron chi connectivity index (χ2n) is 3.36. The fraction of sp³-hybridized carbons (Fsp3) is 0.444. The molecule has 1 rings (SSSR count). The summed E-state index contributed by atoms with van der Waals surface area (Å²) in [5.41, 5.74) is 5.61. The first kappa shape index (κ1) is 10.8. The molecule has 0 unspecified atom stereocenters. The Morgan fingerprint density at radius 2 is 2.31 bits per heavy atom. The van der Waals surface area contributed by atoms with Crippen molar-refractivity contribution in [1.82, 2.24) is 4.98 Å². The molecule has 72 valence electrons. The molecule has 0 radical (unpaired) electrons. The van der Waals surface area contributed by atoms with Gasteiger partial charge in [-0.2, -0.15) is 0 Å². The van der Waals surface area contributed by atoms with E-state index in [-0.39, 0.29) is 4.75 Å². The van der Waals surface area contributed by atoms with Crippen molar-refractivity contribution in [2.45, 2.75) is 23.6 Å². The van der Waals surface area contributed by atoms with Gasteiger partial charge in [-0.15, -0.1) is 0 Å². The van der Waals surface area contributed by atoms with Gasteiger partial charge in [0.25, 0.3) is 0 Å². The highest BCUT2D eigenvalue weighted by atomic mass is 35.5. The van der Waals surface area contributed by atoms with Crippen molar-refractivity contribution in [3.8, 4) is 0 Å². The third kappa shape index (κ3) is 3.18. The lowest BCUT2D eigenvalue weighted by atomic mass is 10.2. The van der Waals surface area contributed by atoms with Crippen LogP contribution in [0.25, 0.3) is 0 Å². The van der Waals surface area contributed by atoms with Crippen LogP contribution < -0.4 is 5.73 Å². The third-order valence-corrected chi connectivity index (χ3v) is 3.24. The summed E-state index contributed by atoms with van der Waals surface area (Å²) in [5, 5.41) is 1.54. The molecule has 13 heavy (non-hydrogen) atoms. The molecule has 0 spiro atoms. The van der Waals surface area contributed by atoms with E-state index in [1.807, 2.05) is 12.1 Å². The van der Waals surface area contributed by atoms with Gasteiger partial charge in [0.2, 0.25) is 0 Å². The molecule has 2 nitrogen and oxygen atoms in total. The lowest BCUT2D eigenvalue weighted by Crippen LogP contribution is -2.26. The van der Waals surface area contributed by atoms with Gasteiger partial charge in [0.15, 0.2) is 0 Å². The molecule has 0 aliphatic heterocycles. The Balaban J connectivity index is 2.80. The predicted molar refractivity (Wildman–Crippen MR) is 58.2 cm³/mol. The summed E-state index contributed by atoms with van der Waals surface area (Å²) < 4.78 is -0.0159. The maximum atomic E-state index is 5.96. The highest BCUT2D eigenvalue weighted by Crippen LogP contribution is 2.33. The Morgan fingerprint density at radius 1 is 1.62 bits per heavy atom. The number of halogens is 1. The number of rotatable bonds is 3. The summed E-state index contributed by atoms with van der Waals surface area (Å²) in [6, 6.07) is 3.66. The van der Waals surface area contributed by atoms with Gasteiger partial charge in [0.05, 0.1) is 5.02 Å². The van der Waals surface area contributed by atoms with Crippen molar-refractivity contribution in [3.05, 3.63) is 23.4 Å². The minimum absolute atomic E-state index is 0.0159. The zero-order valence-corrected chi connectivity index (χ0v) is 9.32. The number of aromatic nitrogens is 1. The van der Waals surface area contributed by atoms with Gasteiger partial charge in [0, 0.05) is 17.5 Å². The Morgan fingerprint density at radius 3 is 2.85 bits per heavy atom. The minimum Gasteiger partial charge on any atom is -0.329 e. The fourth-order valence-electron chi connectivity index (χ4n) is 0.750. The summed E-state index contributed by atoms with van der Waals surface area (Å²) in [6.45, 7) is 4.75. The molecule has 0 fully saturated rings. The Kier molecular flexibility index (Phi) is 3.59. The van der Waals surface area contributed by atoms with Crippen molar-refractivity contribution in [2.75, 3.05) is 6.54 Å². The molecule has 0 saturated carbocycles. The molecular formula is C9H13ClN2S. The zero-order valence-electron chi connectivity index (χ0n) is 7.75. The summed E-state index contributed by atoms with van der Waals surface area (Å²) in [5.74, 6) is 0. The first-order chi connectivity index (χ1) is 6.05. The van der Waals surface area contributed by atoms with Crippen LogP contribution in [0.5, 0.6) is 0 Å². The number of hydrogen-bond acceptors (Lipinski definition) is 3. The summed E-state index contributed by atoms with van der Waals surface area (Å²) in [4.78, 5) is 4.19. The third-order valence-electron chi connectivity index (χ3n) is 1.59. The average Bonchev–Trinajstić information content (AvgIpc) is 2.09. The van der Waals surface area contributed by atoms with Crippen LogP contribution >= 0.6 is 23.4 Å². The molecular weight excluding hydrogens is 204 g/mol. The standard InChI is InChI=1S/C9H13ClN2S/c1-9(2,6-11)13-8-7(10)4-3-5-12-8/h3-5H,6,11H2,1-2H3. The van der Waals surface area contributed by atoms with E-state index in [1.54, 1.807) is 18.0 Å². The quantitative estimate of drug-likeness (QED) is 0.790. The van der Waals surface area contributed by atoms with Gasteiger partial charge in [-0.25, -0.2) is 4.98 Å². The maximum Gasteiger partial charge on any atom is 0.115 e. The van der Waals surface area contributed by atoms with E-state index in [2.05, 4.69) is 18.8 Å². The Bertz CT molecular complexity index is 289. The van der Waals surface area contributed by atoms with E-state index in [9.17, 15) is 0 Å². The smallest absolute Gasteiger partial charge is 0.115 e. The lowest BCUT2D eigenvalue weighted by Gasteiger charge is -2.21. The second-order valence-corrected chi connectivity index (χ2v) is 5.46. The molecule has 0 bridgehead atoms. The van der Waals surface area contributed by atoms with Crippen LogP contribution in [0.3, 0.4) is 0 Å². The van der Waals surface area contributed by atoms with Crippen LogP contribution in [0, 0.1) is 0 Å². The topological polar surface area (TPSA) is 38.9 Å². The van der Waals surface area contributed by atoms with Crippen LogP contribution in [0.1, 0.15) is 13.8 Å². The number of nitrogens with two attached hydrogens (primary N) is 1. The molecule has 1 aromatic rings. The van der Waals surface area contributed by atoms with Crippen LogP contribution in [0.15, 0.2) is 23.4 Å². The van der Waals surface area contributed by atoms with Gasteiger partial charge >= 0.3 is 0 Å². The normalized spacial score (nSPS) is 11.7. The van der Waals surface area contributed by atoms with E-state index >= 15 is 0 Å². The summed E-state index contributed by atoms with van der Waals surface area (Å²) in [6.07, 6.45) is 1.74. The molecule has 0 aliphatic rings. The van der Waals surface area contributed by atoms with Gasteiger partial charge in [-0.3, -0.25) is 0 Å². The number of thioether (sulfide) groups is 1. The van der Waals surface area contributed by atoms with Crippen LogP contribution in [-0.4, -0.2) is 16.3 Å². The van der Waals surface area contributed by atoms with E-state index in [0.717, 1.165) is 5.03 Å². The second kappa shape index (κ2) is 4.31. The lowest BCUT2D eigenvalue weighted by molar-refractivity contribution is 0.721. The van der Waals surface area contributed by atoms with Crippen LogP contribution in [0.2, 0.25) is 5.02 Å². The minimum atomic E-state index is -0.0159. The first-order valence-electron chi connectivity index (χ1n) is 4.05.